The van der Waals surface area contributed by atoms with Gasteiger partial charge in [-0.15, -0.1) is 0 Å². The average molecular weight is 551 g/mol. The number of carbonyl (C=O) groups is 3. The molecule has 0 radical (unpaired) electrons. The summed E-state index contributed by atoms with van der Waals surface area (Å²) in [6, 6.07) is 8.72. The zero-order valence-corrected chi connectivity index (χ0v) is 22.2. The van der Waals surface area contributed by atoms with Crippen LogP contribution in [0.3, 0.4) is 0 Å². The van der Waals surface area contributed by atoms with Crippen LogP contribution in [0.2, 0.25) is 0 Å². The van der Waals surface area contributed by atoms with E-state index in [2.05, 4.69) is 0 Å². The van der Waals surface area contributed by atoms with Gasteiger partial charge in [0.05, 0.1) is 30.7 Å². The highest BCUT2D eigenvalue weighted by molar-refractivity contribution is 6.24. The molecule has 2 aromatic carbocycles. The Bertz CT molecular complexity index is 1520. The predicted octanol–water partition coefficient (Wildman–Crippen LogP) is 1.17. The molecule has 40 heavy (non-hydrogen) atoms. The number of aliphatic hydroxyl groups excluding tert-OH is 3. The van der Waals surface area contributed by atoms with Crippen LogP contribution in [0.15, 0.2) is 53.3 Å². The number of primary amides is 1. The number of ketones is 2. The highest BCUT2D eigenvalue weighted by Crippen LogP contribution is 2.56. The predicted molar refractivity (Wildman–Crippen MR) is 142 cm³/mol. The lowest BCUT2D eigenvalue weighted by Gasteiger charge is -2.53. The Morgan fingerprint density at radius 3 is 2.23 bits per heavy atom. The minimum absolute atomic E-state index is 0.0655. The lowest BCUT2D eigenvalue weighted by atomic mass is 9.54. The molecule has 0 saturated heterocycles. The molecule has 1 fully saturated rings. The quantitative estimate of drug-likeness (QED) is 0.301. The molecule has 7 N–H and O–H groups in total. The van der Waals surface area contributed by atoms with Crippen LogP contribution in [-0.4, -0.2) is 86.9 Å². The number of aliphatic hydroxyl groups is 4. The van der Waals surface area contributed by atoms with Gasteiger partial charge >= 0.3 is 0 Å². The molecular formula is C29H30N2O9. The molecule has 11 heteroatoms. The SMILES string of the molecule is COc1ccc(-c2ccc3c(c2O)C(O)=C2C(=O)[C@@]4(O)C(O)=C(C(N)=O)C(=O)[C@H](N(C)C)[C@H]4[C@H](O)[C@H]2[C@@H]3C)cc1. The fraction of sp³-hybridized carbons (Fsp3) is 0.345. The number of Topliss-reactive ketones (excluding diaryl/α,β-unsaturated/α-hetero) is 2. The summed E-state index contributed by atoms with van der Waals surface area (Å²) in [5.74, 6) is -8.59. The minimum atomic E-state index is -2.95. The number of phenolic OH excluding ortho intramolecular Hbond substituents is 1. The first-order valence-electron chi connectivity index (χ1n) is 12.6. The van der Waals surface area contributed by atoms with Crippen LogP contribution in [0.5, 0.6) is 11.5 Å². The summed E-state index contributed by atoms with van der Waals surface area (Å²) in [7, 11) is 4.44. The molecule has 210 valence electrons. The van der Waals surface area contributed by atoms with E-state index in [1.807, 2.05) is 0 Å². The molecule has 1 amide bonds. The molecule has 0 aliphatic heterocycles. The molecule has 3 aliphatic carbocycles. The second-order valence-electron chi connectivity index (χ2n) is 10.7. The van der Waals surface area contributed by atoms with Crippen molar-refractivity contribution in [1.29, 1.82) is 0 Å². The van der Waals surface area contributed by atoms with E-state index >= 15 is 0 Å². The molecule has 5 rings (SSSR count). The van der Waals surface area contributed by atoms with Crippen molar-refractivity contribution >= 4 is 23.2 Å². The number of methoxy groups -OCH3 is 1. The van der Waals surface area contributed by atoms with Crippen molar-refractivity contribution in [2.24, 2.45) is 17.6 Å². The number of benzene rings is 2. The van der Waals surface area contributed by atoms with E-state index in [0.717, 1.165) is 0 Å². The van der Waals surface area contributed by atoms with Crippen molar-refractivity contribution < 1.29 is 44.7 Å². The van der Waals surface area contributed by atoms with Crippen molar-refractivity contribution in [3.05, 3.63) is 64.4 Å². The van der Waals surface area contributed by atoms with Crippen LogP contribution in [0, 0.1) is 11.8 Å². The normalized spacial score (nSPS) is 29.7. The van der Waals surface area contributed by atoms with Crippen LogP contribution in [0.4, 0.5) is 0 Å². The first-order chi connectivity index (χ1) is 18.8. The molecule has 1 saturated carbocycles. The van der Waals surface area contributed by atoms with E-state index in [9.17, 15) is 39.9 Å². The Labute approximate surface area is 229 Å². The van der Waals surface area contributed by atoms with E-state index in [1.165, 1.54) is 26.1 Å². The topological polar surface area (TPSA) is 191 Å². The number of likely N-dealkylation sites (N-methyl/N-ethyl adjacent to an activating group) is 1. The number of carbonyl (C=O) groups excluding carboxylic acids is 3. The third-order valence-corrected chi connectivity index (χ3v) is 8.53. The Morgan fingerprint density at radius 1 is 1.05 bits per heavy atom. The maximum absolute atomic E-state index is 14.1. The molecule has 3 aliphatic rings. The van der Waals surface area contributed by atoms with Crippen molar-refractivity contribution in [2.45, 2.75) is 30.6 Å². The number of rotatable bonds is 4. The molecule has 0 spiro atoms. The first-order valence-corrected chi connectivity index (χ1v) is 12.6. The summed E-state index contributed by atoms with van der Waals surface area (Å²) in [5.41, 5.74) is 2.30. The molecule has 0 aromatic heterocycles. The van der Waals surface area contributed by atoms with Gasteiger partial charge in [-0.2, -0.15) is 0 Å². The third kappa shape index (κ3) is 3.44. The number of ether oxygens (including phenoxy) is 1. The van der Waals surface area contributed by atoms with Crippen molar-refractivity contribution in [2.75, 3.05) is 21.2 Å². The number of hydrogen-bond donors (Lipinski definition) is 6. The van der Waals surface area contributed by atoms with Gasteiger partial charge in [0.15, 0.2) is 11.4 Å². The molecule has 2 aromatic rings. The molecule has 0 heterocycles. The van der Waals surface area contributed by atoms with Crippen LogP contribution in [0.1, 0.15) is 24.0 Å². The van der Waals surface area contributed by atoms with Gasteiger partial charge in [0.2, 0.25) is 5.78 Å². The number of amides is 1. The van der Waals surface area contributed by atoms with Crippen LogP contribution in [-0.2, 0) is 14.4 Å². The molecule has 0 unspecified atom stereocenters. The third-order valence-electron chi connectivity index (χ3n) is 8.53. The Kier molecular flexibility index (Phi) is 6.29. The van der Waals surface area contributed by atoms with Crippen LogP contribution >= 0.6 is 0 Å². The molecule has 6 atom stereocenters. The number of aromatic hydroxyl groups is 1. The summed E-state index contributed by atoms with van der Waals surface area (Å²) < 4.78 is 5.18. The zero-order valence-electron chi connectivity index (χ0n) is 22.2. The van der Waals surface area contributed by atoms with Gasteiger partial charge < -0.3 is 36.0 Å². The van der Waals surface area contributed by atoms with Crippen molar-refractivity contribution in [3.8, 4) is 22.6 Å². The van der Waals surface area contributed by atoms with Gasteiger partial charge in [-0.05, 0) is 43.3 Å². The summed E-state index contributed by atoms with van der Waals surface area (Å²) in [6.07, 6.45) is -1.64. The van der Waals surface area contributed by atoms with Crippen molar-refractivity contribution in [3.63, 3.8) is 0 Å². The molecular weight excluding hydrogens is 520 g/mol. The Balaban J connectivity index is 1.76. The fourth-order valence-electron chi connectivity index (χ4n) is 6.62. The summed E-state index contributed by atoms with van der Waals surface area (Å²) in [5, 5.41) is 57.2. The van der Waals surface area contributed by atoms with Gasteiger partial charge in [-0.25, -0.2) is 0 Å². The maximum atomic E-state index is 14.1. The highest BCUT2D eigenvalue weighted by atomic mass is 16.5. The van der Waals surface area contributed by atoms with E-state index in [0.29, 0.717) is 22.4 Å². The highest BCUT2D eigenvalue weighted by Gasteiger charge is 2.68. The van der Waals surface area contributed by atoms with E-state index in [4.69, 9.17) is 10.5 Å². The van der Waals surface area contributed by atoms with Gasteiger partial charge in [0.25, 0.3) is 5.91 Å². The number of hydrogen-bond acceptors (Lipinski definition) is 10. The van der Waals surface area contributed by atoms with E-state index in [-0.39, 0.29) is 11.3 Å². The number of nitrogens with two attached hydrogens (primary N) is 1. The smallest absolute Gasteiger partial charge is 0.255 e. The van der Waals surface area contributed by atoms with Crippen molar-refractivity contribution in [1.82, 2.24) is 4.90 Å². The molecule has 11 nitrogen and oxygen atoms in total. The lowest BCUT2D eigenvalue weighted by Crippen LogP contribution is -2.70. The first kappa shape index (κ1) is 27.4. The van der Waals surface area contributed by atoms with E-state index in [1.54, 1.807) is 43.3 Å². The second kappa shape index (κ2) is 9.19. The fourth-order valence-corrected chi connectivity index (χ4v) is 6.62. The van der Waals surface area contributed by atoms with Gasteiger partial charge in [-0.3, -0.25) is 19.3 Å². The van der Waals surface area contributed by atoms with Gasteiger partial charge in [0, 0.05) is 17.1 Å². The molecule has 0 bridgehead atoms. The number of nitrogens with zero attached hydrogens (tertiary/aromatic N) is 1. The lowest BCUT2D eigenvalue weighted by molar-refractivity contribution is -0.169. The maximum Gasteiger partial charge on any atom is 0.255 e. The summed E-state index contributed by atoms with van der Waals surface area (Å²) in [4.78, 5) is 40.8. The summed E-state index contributed by atoms with van der Waals surface area (Å²) >= 11 is 0. The zero-order chi connectivity index (χ0) is 29.4. The Hall–Kier alpha value is -4.19. The standard InChI is InChI=1S/C29H30N2O9/c1-11-14-9-10-15(12-5-7-13(40-4)8-6-12)22(32)17(14)23(33)18-16(11)24(34)20-21(31(2)3)25(35)19(28(30)38)27(37)29(20,39)26(18)36/h5-11,16,20-21,24,32-34,37,39H,1-4H3,(H2,30,38)/t11-,16+,20+,21-,24-,29-/m1/s1. The van der Waals surface area contributed by atoms with E-state index < -0.39 is 75.6 Å². The minimum Gasteiger partial charge on any atom is -0.508 e. The number of phenols is 1. The van der Waals surface area contributed by atoms with Gasteiger partial charge in [0.1, 0.15) is 28.6 Å². The largest absolute Gasteiger partial charge is 0.508 e. The average Bonchev–Trinajstić information content (AvgIpc) is 2.90. The monoisotopic (exact) mass is 550 g/mol. The Morgan fingerprint density at radius 2 is 1.68 bits per heavy atom. The summed E-state index contributed by atoms with van der Waals surface area (Å²) in [6.45, 7) is 1.68. The van der Waals surface area contributed by atoms with Crippen LogP contribution < -0.4 is 10.5 Å². The second-order valence-corrected chi connectivity index (χ2v) is 10.7. The number of fused-ring (bicyclic) bond motifs is 3. The van der Waals surface area contributed by atoms with Crippen LogP contribution in [0.25, 0.3) is 16.9 Å². The van der Waals surface area contributed by atoms with Gasteiger partial charge in [-0.1, -0.05) is 31.2 Å².